The Bertz CT molecular complexity index is 857. The van der Waals surface area contributed by atoms with Crippen LogP contribution in [0, 0.1) is 0 Å². The van der Waals surface area contributed by atoms with Crippen molar-refractivity contribution < 1.29 is 74.1 Å². The molecule has 3 aliphatic rings. The standard InChI is InChI=1S/C22H38N2O15S/c1-6(28)23-11-14(31)18(39-21-17(34)16(33)13(30)8(3-25)35-21)9(4-26)36-20(11)38-19-10(5-27)37-22(40)12(15(19)32)24-7(2)29/h8-22,25-27,30-34,40H,3-5H2,1-2H3,(H,23,28)(H,24,29)/t8-,9-,10-,11-,12-,13-,14-,15-,16+,17+,18-,19-,20+,21+,22+/m1/s1. The molecule has 3 fully saturated rings. The zero-order valence-corrected chi connectivity index (χ0v) is 22.6. The van der Waals surface area contributed by atoms with Gasteiger partial charge in [0.25, 0.3) is 0 Å². The van der Waals surface area contributed by atoms with Gasteiger partial charge in [-0.25, -0.2) is 0 Å². The fourth-order valence-electron chi connectivity index (χ4n) is 4.87. The smallest absolute Gasteiger partial charge is 0.217 e. The van der Waals surface area contributed by atoms with Crippen molar-refractivity contribution in [1.29, 1.82) is 0 Å². The van der Waals surface area contributed by atoms with Gasteiger partial charge in [0.05, 0.1) is 25.9 Å². The van der Waals surface area contributed by atoms with Crippen molar-refractivity contribution in [3.63, 3.8) is 0 Å². The number of aliphatic hydroxyl groups excluding tert-OH is 8. The number of rotatable bonds is 9. The largest absolute Gasteiger partial charge is 0.394 e. The highest BCUT2D eigenvalue weighted by Crippen LogP contribution is 2.33. The lowest BCUT2D eigenvalue weighted by atomic mass is 9.94. The minimum atomic E-state index is -1.84. The Hall–Kier alpha value is -1.23. The molecular weight excluding hydrogens is 564 g/mol. The third kappa shape index (κ3) is 7.21. The predicted molar refractivity (Wildman–Crippen MR) is 131 cm³/mol. The zero-order valence-electron chi connectivity index (χ0n) is 21.7. The van der Waals surface area contributed by atoms with E-state index in [1.807, 2.05) is 0 Å². The second-order valence-corrected chi connectivity index (χ2v) is 10.3. The number of amides is 2. The van der Waals surface area contributed by atoms with Gasteiger partial charge in [-0.2, -0.15) is 0 Å². The number of ether oxygens (including phenoxy) is 5. The molecule has 0 aromatic rings. The molecular formula is C22H38N2O15S. The van der Waals surface area contributed by atoms with Gasteiger partial charge in [-0.1, -0.05) is 0 Å². The Balaban J connectivity index is 1.85. The van der Waals surface area contributed by atoms with Crippen molar-refractivity contribution in [2.45, 2.75) is 105 Å². The third-order valence-corrected chi connectivity index (χ3v) is 7.34. The summed E-state index contributed by atoms with van der Waals surface area (Å²) < 4.78 is 28.2. The highest BCUT2D eigenvalue weighted by molar-refractivity contribution is 7.80. The van der Waals surface area contributed by atoms with Crippen molar-refractivity contribution >= 4 is 24.4 Å². The molecule has 0 aromatic carbocycles. The molecule has 0 saturated carbocycles. The Morgan fingerprint density at radius 3 is 1.62 bits per heavy atom. The summed E-state index contributed by atoms with van der Waals surface area (Å²) in [6, 6.07) is -2.52. The first-order chi connectivity index (χ1) is 18.8. The molecule has 0 spiro atoms. The fraction of sp³-hybridized carbons (Fsp3) is 0.909. The number of hydrogen-bond donors (Lipinski definition) is 11. The summed E-state index contributed by atoms with van der Waals surface area (Å²) in [4.78, 5) is 23.6. The first-order valence-corrected chi connectivity index (χ1v) is 13.1. The van der Waals surface area contributed by atoms with E-state index in [4.69, 9.17) is 23.7 Å². The molecule has 3 saturated heterocycles. The van der Waals surface area contributed by atoms with Crippen LogP contribution in [0.25, 0.3) is 0 Å². The second-order valence-electron chi connectivity index (χ2n) is 9.81. The monoisotopic (exact) mass is 602 g/mol. The molecule has 3 rings (SSSR count). The van der Waals surface area contributed by atoms with Crippen molar-refractivity contribution in [1.82, 2.24) is 10.6 Å². The third-order valence-electron chi connectivity index (χ3n) is 6.90. The topological polar surface area (TPSA) is 266 Å². The molecule has 3 heterocycles. The molecule has 40 heavy (non-hydrogen) atoms. The Morgan fingerprint density at radius 1 is 0.650 bits per heavy atom. The van der Waals surface area contributed by atoms with E-state index in [1.54, 1.807) is 0 Å². The highest BCUT2D eigenvalue weighted by atomic mass is 32.1. The molecule has 0 radical (unpaired) electrons. The summed E-state index contributed by atoms with van der Waals surface area (Å²) in [5, 5.41) is 86.8. The van der Waals surface area contributed by atoms with Gasteiger partial charge in [0.2, 0.25) is 11.8 Å². The number of thiol groups is 1. The summed E-state index contributed by atoms with van der Waals surface area (Å²) >= 11 is 4.20. The van der Waals surface area contributed by atoms with Crippen LogP contribution in [0.3, 0.4) is 0 Å². The summed E-state index contributed by atoms with van der Waals surface area (Å²) in [7, 11) is 0. The molecule has 0 unspecified atom stereocenters. The number of carbonyl (C=O) groups is 2. The van der Waals surface area contributed by atoms with Crippen molar-refractivity contribution in [3.8, 4) is 0 Å². The van der Waals surface area contributed by atoms with E-state index in [9.17, 15) is 50.4 Å². The summed E-state index contributed by atoms with van der Waals surface area (Å²) in [5.41, 5.74) is -1.03. The van der Waals surface area contributed by atoms with E-state index in [-0.39, 0.29) is 0 Å². The second kappa shape index (κ2) is 14.3. The van der Waals surface area contributed by atoms with Crippen LogP contribution in [0.4, 0.5) is 0 Å². The number of aliphatic hydroxyl groups is 8. The van der Waals surface area contributed by atoms with Crippen molar-refractivity contribution in [2.24, 2.45) is 0 Å². The van der Waals surface area contributed by atoms with E-state index in [0.717, 1.165) is 6.92 Å². The number of hydrogen-bond acceptors (Lipinski definition) is 16. The van der Waals surface area contributed by atoms with Gasteiger partial charge in [-0.15, -0.1) is 12.6 Å². The first-order valence-electron chi connectivity index (χ1n) is 12.6. The molecule has 0 bridgehead atoms. The molecule has 2 amide bonds. The Labute approximate surface area is 234 Å². The first kappa shape index (κ1) is 33.3. The van der Waals surface area contributed by atoms with Gasteiger partial charge in [-0.3, -0.25) is 9.59 Å². The van der Waals surface area contributed by atoms with Crippen LogP contribution in [-0.4, -0.2) is 164 Å². The summed E-state index contributed by atoms with van der Waals surface area (Å²) in [6.45, 7) is 0.135. The molecule has 0 aliphatic carbocycles. The lowest BCUT2D eigenvalue weighted by Crippen LogP contribution is -2.69. The van der Waals surface area contributed by atoms with E-state index in [2.05, 4.69) is 23.3 Å². The SMILES string of the molecule is CC(=O)N[C@@H]1[C@@H](O)[C@H](O[C@@H]2O[C@H](CO)[C@@H](O[C@@H]3O[C@H](CO)[C@@H](O)[C@H](O)[C@@H]3O)[C@H](O)[C@H]2NC(C)=O)[C@@H](CO)O[C@H]1S. The quantitative estimate of drug-likeness (QED) is 0.110. The Kier molecular flexibility index (Phi) is 11.9. The van der Waals surface area contributed by atoms with Gasteiger partial charge in [0.15, 0.2) is 12.6 Å². The minimum absolute atomic E-state index is 0.512. The van der Waals surface area contributed by atoms with E-state index in [1.165, 1.54) is 6.92 Å². The minimum Gasteiger partial charge on any atom is -0.394 e. The maximum Gasteiger partial charge on any atom is 0.217 e. The van der Waals surface area contributed by atoms with Crippen LogP contribution in [0.15, 0.2) is 0 Å². The van der Waals surface area contributed by atoms with Gasteiger partial charge in [0.1, 0.15) is 72.5 Å². The summed E-state index contributed by atoms with van der Waals surface area (Å²) in [5.74, 6) is -1.16. The van der Waals surface area contributed by atoms with Gasteiger partial charge in [0, 0.05) is 13.8 Å². The number of nitrogens with one attached hydrogen (secondary N) is 2. The molecule has 10 N–H and O–H groups in total. The lowest BCUT2D eigenvalue weighted by molar-refractivity contribution is -0.356. The van der Waals surface area contributed by atoms with Gasteiger partial charge < -0.3 is 75.2 Å². The average Bonchev–Trinajstić information content (AvgIpc) is 2.90. The van der Waals surface area contributed by atoms with Crippen LogP contribution in [-0.2, 0) is 33.3 Å². The van der Waals surface area contributed by atoms with Crippen molar-refractivity contribution in [2.75, 3.05) is 19.8 Å². The zero-order chi connectivity index (χ0) is 29.9. The highest BCUT2D eigenvalue weighted by Gasteiger charge is 2.53. The normalized spacial score (nSPS) is 46.0. The van der Waals surface area contributed by atoms with E-state index >= 15 is 0 Å². The molecule has 17 nitrogen and oxygen atoms in total. The maximum atomic E-state index is 12.0. The van der Waals surface area contributed by atoms with Crippen LogP contribution in [0.5, 0.6) is 0 Å². The molecule has 15 atom stereocenters. The van der Waals surface area contributed by atoms with Crippen LogP contribution < -0.4 is 10.6 Å². The number of carbonyl (C=O) groups excluding carboxylic acids is 2. The molecule has 232 valence electrons. The van der Waals surface area contributed by atoms with Crippen LogP contribution >= 0.6 is 12.6 Å². The maximum absolute atomic E-state index is 12.0. The van der Waals surface area contributed by atoms with Crippen LogP contribution in [0.1, 0.15) is 13.8 Å². The fourth-order valence-corrected chi connectivity index (χ4v) is 5.28. The average molecular weight is 603 g/mol. The lowest BCUT2D eigenvalue weighted by Gasteiger charge is -2.49. The van der Waals surface area contributed by atoms with Crippen LogP contribution in [0.2, 0.25) is 0 Å². The van der Waals surface area contributed by atoms with E-state index in [0.29, 0.717) is 0 Å². The molecule has 3 aliphatic heterocycles. The Morgan fingerprint density at radius 2 is 1.10 bits per heavy atom. The van der Waals surface area contributed by atoms with Gasteiger partial charge in [-0.05, 0) is 0 Å². The van der Waals surface area contributed by atoms with E-state index < -0.39 is 123 Å². The molecule has 0 aromatic heterocycles. The van der Waals surface area contributed by atoms with Gasteiger partial charge >= 0.3 is 0 Å². The molecule has 18 heteroatoms. The predicted octanol–water partition coefficient (Wildman–Crippen LogP) is -6.35. The summed E-state index contributed by atoms with van der Waals surface area (Å²) in [6.07, 6.45) is -18.7. The van der Waals surface area contributed by atoms with Crippen molar-refractivity contribution in [3.05, 3.63) is 0 Å².